The van der Waals surface area contributed by atoms with Crippen molar-refractivity contribution in [3.8, 4) is 17.6 Å². The normalized spacial score (nSPS) is 11.5. The number of anilines is 1. The summed E-state index contributed by atoms with van der Waals surface area (Å²) in [5.41, 5.74) is 1.08. The van der Waals surface area contributed by atoms with E-state index in [1.165, 1.54) is 31.4 Å². The number of ether oxygens (including phenoxy) is 3. The van der Waals surface area contributed by atoms with Crippen LogP contribution in [0.4, 0.5) is 5.00 Å². The first-order chi connectivity index (χ1) is 13.5. The number of amides is 1. The zero-order valence-corrected chi connectivity index (χ0v) is 16.5. The van der Waals surface area contributed by atoms with Gasteiger partial charge in [-0.05, 0) is 49.1 Å². The molecule has 1 N–H and O–H groups in total. The molecule has 0 aliphatic rings. The van der Waals surface area contributed by atoms with Gasteiger partial charge in [-0.3, -0.25) is 4.79 Å². The summed E-state index contributed by atoms with van der Waals surface area (Å²) in [5, 5.41) is 13.7. The lowest BCUT2D eigenvalue weighted by atomic mass is 10.2. The summed E-state index contributed by atoms with van der Waals surface area (Å²) in [6.07, 6.45) is 1.77. The zero-order chi connectivity index (χ0) is 20.5. The van der Waals surface area contributed by atoms with Crippen LogP contribution < -0.4 is 14.8 Å². The number of methoxy groups -OCH3 is 1. The highest BCUT2D eigenvalue weighted by Crippen LogP contribution is 2.28. The molecule has 0 aliphatic carbocycles. The third-order valence-corrected chi connectivity index (χ3v) is 4.41. The number of nitriles is 1. The van der Waals surface area contributed by atoms with Gasteiger partial charge in [-0.15, -0.1) is 11.3 Å². The highest BCUT2D eigenvalue weighted by atomic mass is 32.1. The lowest BCUT2D eigenvalue weighted by molar-refractivity contribution is -0.148. The Balaban J connectivity index is 1.95. The van der Waals surface area contributed by atoms with Crippen molar-refractivity contribution in [1.29, 1.82) is 5.26 Å². The van der Waals surface area contributed by atoms with Gasteiger partial charge >= 0.3 is 5.97 Å². The molecular formula is C20H20N2O5S. The summed E-state index contributed by atoms with van der Waals surface area (Å²) in [4.78, 5) is 24.1. The van der Waals surface area contributed by atoms with Crippen molar-refractivity contribution in [2.24, 2.45) is 0 Å². The van der Waals surface area contributed by atoms with E-state index in [9.17, 15) is 9.59 Å². The summed E-state index contributed by atoms with van der Waals surface area (Å²) >= 11 is 1.22. The molecule has 28 heavy (non-hydrogen) atoms. The molecule has 1 aromatic carbocycles. The minimum absolute atomic E-state index is 0.362. The van der Waals surface area contributed by atoms with Crippen LogP contribution in [0.15, 0.2) is 35.7 Å². The Hall–Kier alpha value is -3.31. The maximum Gasteiger partial charge on any atom is 0.331 e. The number of nitrogens with one attached hydrogen (secondary N) is 1. The van der Waals surface area contributed by atoms with Crippen molar-refractivity contribution in [3.05, 3.63) is 46.8 Å². The Bertz CT molecular complexity index is 914. The van der Waals surface area contributed by atoms with Crippen LogP contribution in [0.5, 0.6) is 11.5 Å². The molecule has 0 radical (unpaired) electrons. The maximum absolute atomic E-state index is 12.1. The second-order valence-electron chi connectivity index (χ2n) is 5.52. The van der Waals surface area contributed by atoms with Crippen molar-refractivity contribution in [3.63, 3.8) is 0 Å². The van der Waals surface area contributed by atoms with Crippen LogP contribution in [0.1, 0.15) is 25.0 Å². The predicted molar refractivity (Wildman–Crippen MR) is 106 cm³/mol. The fraction of sp³-hybridized carbons (Fsp3) is 0.250. The van der Waals surface area contributed by atoms with E-state index in [2.05, 4.69) is 5.32 Å². The van der Waals surface area contributed by atoms with Gasteiger partial charge in [0, 0.05) is 6.08 Å². The summed E-state index contributed by atoms with van der Waals surface area (Å²) in [6.45, 7) is 3.85. The number of thiophene rings is 1. The van der Waals surface area contributed by atoms with Crippen molar-refractivity contribution in [2.45, 2.75) is 20.0 Å². The molecule has 0 spiro atoms. The van der Waals surface area contributed by atoms with Gasteiger partial charge in [0.1, 0.15) is 11.1 Å². The molecule has 1 atom stereocenters. The second-order valence-corrected chi connectivity index (χ2v) is 6.44. The smallest absolute Gasteiger partial charge is 0.331 e. The van der Waals surface area contributed by atoms with Crippen LogP contribution in [0, 0.1) is 11.3 Å². The average Bonchev–Trinajstić information content (AvgIpc) is 3.14. The molecule has 0 saturated heterocycles. The molecule has 0 aliphatic heterocycles. The largest absolute Gasteiger partial charge is 0.493 e. The molecule has 0 saturated carbocycles. The van der Waals surface area contributed by atoms with Crippen LogP contribution >= 0.6 is 11.3 Å². The van der Waals surface area contributed by atoms with Gasteiger partial charge in [0.2, 0.25) is 0 Å². The number of benzene rings is 1. The van der Waals surface area contributed by atoms with E-state index in [4.69, 9.17) is 19.5 Å². The van der Waals surface area contributed by atoms with Gasteiger partial charge in [-0.1, -0.05) is 6.07 Å². The van der Waals surface area contributed by atoms with E-state index in [0.29, 0.717) is 34.2 Å². The molecule has 1 unspecified atom stereocenters. The molecular weight excluding hydrogens is 380 g/mol. The van der Waals surface area contributed by atoms with E-state index in [1.54, 1.807) is 35.7 Å². The number of nitrogens with zero attached hydrogens (tertiary/aromatic N) is 1. The van der Waals surface area contributed by atoms with Crippen LogP contribution in [-0.2, 0) is 14.3 Å². The Morgan fingerprint density at radius 1 is 1.32 bits per heavy atom. The van der Waals surface area contributed by atoms with E-state index in [0.717, 1.165) is 0 Å². The van der Waals surface area contributed by atoms with Crippen LogP contribution in [0.3, 0.4) is 0 Å². The third kappa shape index (κ3) is 5.59. The number of hydrogen-bond acceptors (Lipinski definition) is 7. The van der Waals surface area contributed by atoms with Gasteiger partial charge in [0.25, 0.3) is 5.91 Å². The predicted octanol–water partition coefficient (Wildman–Crippen LogP) is 3.61. The quantitative estimate of drug-likeness (QED) is 0.537. The van der Waals surface area contributed by atoms with Crippen LogP contribution in [-0.4, -0.2) is 31.7 Å². The van der Waals surface area contributed by atoms with Gasteiger partial charge < -0.3 is 19.5 Å². The Kier molecular flexibility index (Phi) is 7.60. The highest BCUT2D eigenvalue weighted by molar-refractivity contribution is 7.14. The molecule has 8 heteroatoms. The number of carbonyl (C=O) groups is 2. The maximum atomic E-state index is 12.1. The molecule has 1 aromatic heterocycles. The molecule has 7 nitrogen and oxygen atoms in total. The first-order valence-electron chi connectivity index (χ1n) is 8.46. The minimum atomic E-state index is -1.01. The lowest BCUT2D eigenvalue weighted by Crippen LogP contribution is -2.29. The van der Waals surface area contributed by atoms with Gasteiger partial charge in [0.05, 0.1) is 19.3 Å². The first kappa shape index (κ1) is 21.0. The van der Waals surface area contributed by atoms with Crippen molar-refractivity contribution in [1.82, 2.24) is 0 Å². The highest BCUT2D eigenvalue weighted by Gasteiger charge is 2.18. The molecule has 2 rings (SSSR count). The fourth-order valence-electron chi connectivity index (χ4n) is 2.20. The van der Waals surface area contributed by atoms with E-state index in [1.807, 2.05) is 13.0 Å². The third-order valence-electron chi connectivity index (χ3n) is 3.58. The zero-order valence-electron chi connectivity index (χ0n) is 15.7. The number of hydrogen-bond donors (Lipinski definition) is 1. The minimum Gasteiger partial charge on any atom is -0.493 e. The number of carbonyl (C=O) groups excluding carboxylic acids is 2. The SMILES string of the molecule is CCOc1ccc(/C=C/C(=O)OC(C)C(=O)Nc2sccc2C#N)cc1OC. The van der Waals surface area contributed by atoms with Crippen molar-refractivity contribution >= 4 is 34.3 Å². The summed E-state index contributed by atoms with van der Waals surface area (Å²) in [7, 11) is 1.53. The van der Waals surface area contributed by atoms with Gasteiger partial charge in [0.15, 0.2) is 17.6 Å². The van der Waals surface area contributed by atoms with Crippen LogP contribution in [0.2, 0.25) is 0 Å². The first-order valence-corrected chi connectivity index (χ1v) is 9.34. The average molecular weight is 400 g/mol. The Morgan fingerprint density at radius 3 is 2.79 bits per heavy atom. The Labute approximate surface area is 167 Å². The molecule has 0 fully saturated rings. The molecule has 146 valence electrons. The molecule has 1 heterocycles. The van der Waals surface area contributed by atoms with Gasteiger partial charge in [-0.25, -0.2) is 4.79 Å². The van der Waals surface area contributed by atoms with Crippen molar-refractivity contribution in [2.75, 3.05) is 19.0 Å². The lowest BCUT2D eigenvalue weighted by Gasteiger charge is -2.11. The summed E-state index contributed by atoms with van der Waals surface area (Å²) in [6, 6.07) is 8.83. The molecule has 0 bridgehead atoms. The summed E-state index contributed by atoms with van der Waals surface area (Å²) in [5.74, 6) is -0.0136. The fourth-order valence-corrected chi connectivity index (χ4v) is 2.94. The van der Waals surface area contributed by atoms with Crippen LogP contribution in [0.25, 0.3) is 6.08 Å². The van der Waals surface area contributed by atoms with Gasteiger partial charge in [-0.2, -0.15) is 5.26 Å². The number of rotatable bonds is 8. The summed E-state index contributed by atoms with van der Waals surface area (Å²) < 4.78 is 15.8. The molecule has 1 amide bonds. The molecule has 2 aromatic rings. The second kappa shape index (κ2) is 10.1. The monoisotopic (exact) mass is 400 g/mol. The number of esters is 1. The Morgan fingerprint density at radius 2 is 2.11 bits per heavy atom. The van der Waals surface area contributed by atoms with E-state index < -0.39 is 18.0 Å². The van der Waals surface area contributed by atoms with E-state index in [-0.39, 0.29) is 0 Å². The standard InChI is InChI=1S/C20H20N2O5S/c1-4-26-16-7-5-14(11-17(16)25-3)6-8-18(23)27-13(2)19(24)22-20-15(12-21)9-10-28-20/h5-11,13H,4H2,1-3H3,(H,22,24)/b8-6+. The van der Waals surface area contributed by atoms with Crippen molar-refractivity contribution < 1.29 is 23.8 Å². The van der Waals surface area contributed by atoms with E-state index >= 15 is 0 Å². The topological polar surface area (TPSA) is 97.6 Å².